The number of nitrogen functional groups attached to an aromatic ring is 1. The number of hydrogen-bond acceptors (Lipinski definition) is 3. The minimum atomic E-state index is 0.636. The molecule has 3 rings (SSSR count). The summed E-state index contributed by atoms with van der Waals surface area (Å²) in [6.07, 6.45) is 3.78. The number of nitrogens with zero attached hydrogens (tertiary/aromatic N) is 2. The third kappa shape index (κ3) is 2.06. The summed E-state index contributed by atoms with van der Waals surface area (Å²) < 4.78 is 0. The van der Waals surface area contributed by atoms with Crippen molar-refractivity contribution >= 4 is 17.4 Å². The monoisotopic (exact) mass is 259 g/mol. The second kappa shape index (κ2) is 4.58. The maximum atomic E-state index is 6.14. The quantitative estimate of drug-likeness (QED) is 0.902. The van der Waals surface area contributed by atoms with Crippen LogP contribution in [0.3, 0.4) is 0 Å². The summed E-state index contributed by atoms with van der Waals surface area (Å²) in [5.41, 5.74) is 9.27. The van der Waals surface area contributed by atoms with Crippen molar-refractivity contribution < 1.29 is 0 Å². The van der Waals surface area contributed by atoms with E-state index in [0.29, 0.717) is 12.2 Å². The average molecular weight is 260 g/mol. The molecule has 2 N–H and O–H groups in total. The number of benzene rings is 1. The number of anilines is 1. The van der Waals surface area contributed by atoms with E-state index in [1.54, 1.807) is 0 Å². The van der Waals surface area contributed by atoms with Gasteiger partial charge in [-0.05, 0) is 30.9 Å². The van der Waals surface area contributed by atoms with E-state index in [4.69, 9.17) is 17.3 Å². The standard InChI is InChI=1S/C14H14ClN3/c15-11-6-2-1-4-9(11)8-13-17-12-7-3-5-10(12)14(16)18-13/h1-2,4,6H,3,5,7-8H2,(H2,16,17,18). The van der Waals surface area contributed by atoms with Crippen molar-refractivity contribution in [1.29, 1.82) is 0 Å². The van der Waals surface area contributed by atoms with Crippen LogP contribution in [-0.2, 0) is 19.3 Å². The number of nitrogens with two attached hydrogens (primary N) is 1. The van der Waals surface area contributed by atoms with Crippen LogP contribution in [0.25, 0.3) is 0 Å². The summed E-state index contributed by atoms with van der Waals surface area (Å²) in [5.74, 6) is 1.40. The lowest BCUT2D eigenvalue weighted by Crippen LogP contribution is -2.06. The van der Waals surface area contributed by atoms with Gasteiger partial charge in [0.1, 0.15) is 11.6 Å². The zero-order valence-electron chi connectivity index (χ0n) is 9.99. The lowest BCUT2D eigenvalue weighted by Gasteiger charge is -2.07. The number of hydrogen-bond donors (Lipinski definition) is 1. The molecule has 92 valence electrons. The van der Waals surface area contributed by atoms with Gasteiger partial charge in [-0.3, -0.25) is 0 Å². The maximum absolute atomic E-state index is 6.14. The van der Waals surface area contributed by atoms with Crippen LogP contribution in [0.5, 0.6) is 0 Å². The second-order valence-corrected chi connectivity index (χ2v) is 4.98. The predicted molar refractivity (Wildman–Crippen MR) is 72.7 cm³/mol. The third-order valence-electron chi connectivity index (χ3n) is 3.32. The summed E-state index contributed by atoms with van der Waals surface area (Å²) in [6, 6.07) is 7.77. The highest BCUT2D eigenvalue weighted by Gasteiger charge is 2.17. The first-order chi connectivity index (χ1) is 8.74. The maximum Gasteiger partial charge on any atom is 0.135 e. The van der Waals surface area contributed by atoms with E-state index < -0.39 is 0 Å². The molecular formula is C14H14ClN3. The van der Waals surface area contributed by atoms with Gasteiger partial charge in [0.15, 0.2) is 0 Å². The van der Waals surface area contributed by atoms with E-state index in [2.05, 4.69) is 9.97 Å². The Morgan fingerprint density at radius 3 is 2.83 bits per heavy atom. The van der Waals surface area contributed by atoms with Gasteiger partial charge in [0.25, 0.3) is 0 Å². The van der Waals surface area contributed by atoms with Gasteiger partial charge in [-0.25, -0.2) is 9.97 Å². The van der Waals surface area contributed by atoms with Crippen molar-refractivity contribution in [2.75, 3.05) is 5.73 Å². The number of aromatic nitrogens is 2. The molecule has 1 heterocycles. The molecule has 0 saturated heterocycles. The normalized spacial score (nSPS) is 13.6. The molecule has 3 nitrogen and oxygen atoms in total. The summed E-state index contributed by atoms with van der Waals surface area (Å²) in [7, 11) is 0. The van der Waals surface area contributed by atoms with Crippen molar-refractivity contribution in [1.82, 2.24) is 9.97 Å². The van der Waals surface area contributed by atoms with Gasteiger partial charge in [0.05, 0.1) is 0 Å². The third-order valence-corrected chi connectivity index (χ3v) is 3.69. The van der Waals surface area contributed by atoms with Crippen molar-refractivity contribution in [3.05, 3.63) is 51.9 Å². The molecule has 0 radical (unpaired) electrons. The molecular weight excluding hydrogens is 246 g/mol. The molecule has 0 unspecified atom stereocenters. The SMILES string of the molecule is Nc1nc(Cc2ccccc2Cl)nc2c1CCC2. The van der Waals surface area contributed by atoms with Gasteiger partial charge in [-0.1, -0.05) is 29.8 Å². The summed E-state index contributed by atoms with van der Waals surface area (Å²) in [6.45, 7) is 0. The van der Waals surface area contributed by atoms with Crippen LogP contribution in [-0.4, -0.2) is 9.97 Å². The lowest BCUT2D eigenvalue weighted by molar-refractivity contribution is 0.886. The molecule has 0 bridgehead atoms. The molecule has 0 fully saturated rings. The molecule has 0 atom stereocenters. The predicted octanol–water partition coefficient (Wildman–Crippen LogP) is 2.79. The lowest BCUT2D eigenvalue weighted by atomic mass is 10.1. The molecule has 1 aliphatic carbocycles. The van der Waals surface area contributed by atoms with Crippen LogP contribution >= 0.6 is 11.6 Å². The fraction of sp³-hybridized carbons (Fsp3) is 0.286. The average Bonchev–Trinajstić information content (AvgIpc) is 2.81. The largest absolute Gasteiger partial charge is 0.383 e. The van der Waals surface area contributed by atoms with E-state index >= 15 is 0 Å². The van der Waals surface area contributed by atoms with Crippen LogP contribution in [0, 0.1) is 0 Å². The van der Waals surface area contributed by atoms with E-state index in [1.165, 1.54) is 0 Å². The summed E-state index contributed by atoms with van der Waals surface area (Å²) >= 11 is 6.14. The molecule has 1 aliphatic rings. The zero-order valence-corrected chi connectivity index (χ0v) is 10.7. The Morgan fingerprint density at radius 1 is 1.17 bits per heavy atom. The molecule has 0 amide bonds. The molecule has 0 spiro atoms. The Bertz CT molecular complexity index is 596. The van der Waals surface area contributed by atoms with Crippen LogP contribution in [0.1, 0.15) is 29.1 Å². The number of aryl methyl sites for hydroxylation is 1. The highest BCUT2D eigenvalue weighted by Crippen LogP contribution is 2.25. The summed E-state index contributed by atoms with van der Waals surface area (Å²) in [5, 5.41) is 0.750. The van der Waals surface area contributed by atoms with E-state index in [-0.39, 0.29) is 0 Å². The highest BCUT2D eigenvalue weighted by atomic mass is 35.5. The van der Waals surface area contributed by atoms with E-state index in [1.807, 2.05) is 24.3 Å². The fourth-order valence-electron chi connectivity index (χ4n) is 2.41. The molecule has 1 aromatic heterocycles. The summed E-state index contributed by atoms with van der Waals surface area (Å²) in [4.78, 5) is 8.99. The first-order valence-electron chi connectivity index (χ1n) is 6.11. The smallest absolute Gasteiger partial charge is 0.135 e. The molecule has 1 aromatic carbocycles. The Balaban J connectivity index is 1.95. The van der Waals surface area contributed by atoms with E-state index in [0.717, 1.165) is 46.9 Å². The molecule has 2 aromatic rings. The van der Waals surface area contributed by atoms with Crippen molar-refractivity contribution in [2.24, 2.45) is 0 Å². The zero-order chi connectivity index (χ0) is 12.5. The van der Waals surface area contributed by atoms with Crippen molar-refractivity contribution in [2.45, 2.75) is 25.7 Å². The second-order valence-electron chi connectivity index (χ2n) is 4.57. The van der Waals surface area contributed by atoms with Crippen molar-refractivity contribution in [3.8, 4) is 0 Å². The number of rotatable bonds is 2. The van der Waals surface area contributed by atoms with Crippen LogP contribution in [0.4, 0.5) is 5.82 Å². The van der Waals surface area contributed by atoms with Gasteiger partial charge in [-0.2, -0.15) is 0 Å². The first-order valence-corrected chi connectivity index (χ1v) is 6.49. The van der Waals surface area contributed by atoms with Crippen molar-refractivity contribution in [3.63, 3.8) is 0 Å². The van der Waals surface area contributed by atoms with Gasteiger partial charge < -0.3 is 5.73 Å². The Kier molecular flexibility index (Phi) is 2.92. The van der Waals surface area contributed by atoms with Gasteiger partial charge in [-0.15, -0.1) is 0 Å². The van der Waals surface area contributed by atoms with Gasteiger partial charge in [0.2, 0.25) is 0 Å². The Morgan fingerprint density at radius 2 is 2.00 bits per heavy atom. The minimum Gasteiger partial charge on any atom is -0.383 e. The Hall–Kier alpha value is -1.61. The molecule has 0 saturated carbocycles. The number of fused-ring (bicyclic) bond motifs is 1. The molecule has 0 aliphatic heterocycles. The molecule has 18 heavy (non-hydrogen) atoms. The molecule has 4 heteroatoms. The number of halogens is 1. The first kappa shape index (κ1) is 11.5. The minimum absolute atomic E-state index is 0.636. The van der Waals surface area contributed by atoms with Crippen LogP contribution in [0.2, 0.25) is 5.02 Å². The van der Waals surface area contributed by atoms with Crippen LogP contribution in [0.15, 0.2) is 24.3 Å². The Labute approximate surface area is 111 Å². The highest BCUT2D eigenvalue weighted by molar-refractivity contribution is 6.31. The fourth-order valence-corrected chi connectivity index (χ4v) is 2.61. The van der Waals surface area contributed by atoms with Crippen LogP contribution < -0.4 is 5.73 Å². The van der Waals surface area contributed by atoms with E-state index in [9.17, 15) is 0 Å². The van der Waals surface area contributed by atoms with Gasteiger partial charge in [0, 0.05) is 22.7 Å². The van der Waals surface area contributed by atoms with Gasteiger partial charge >= 0.3 is 0 Å². The topological polar surface area (TPSA) is 51.8 Å².